The highest BCUT2D eigenvalue weighted by Gasteiger charge is 2.14. The Morgan fingerprint density at radius 3 is 2.71 bits per heavy atom. The normalized spacial score (nSPS) is 12.6. The molecule has 0 saturated heterocycles. The number of hydrogen-bond acceptors (Lipinski definition) is 2. The summed E-state index contributed by atoms with van der Waals surface area (Å²) in [5.74, 6) is 1.43. The van der Waals surface area contributed by atoms with Gasteiger partial charge in [-0.15, -0.1) is 0 Å². The maximum atomic E-state index is 10.2. The molecule has 1 N–H and O–H groups in total. The Morgan fingerprint density at radius 1 is 1.24 bits per heavy atom. The van der Waals surface area contributed by atoms with Gasteiger partial charge in [0.15, 0.2) is 0 Å². The van der Waals surface area contributed by atoms with E-state index in [-0.39, 0.29) is 0 Å². The minimum absolute atomic E-state index is 0.608. The van der Waals surface area contributed by atoms with E-state index >= 15 is 0 Å². The van der Waals surface area contributed by atoms with Crippen LogP contribution in [0.15, 0.2) is 40.8 Å². The zero-order valence-electron chi connectivity index (χ0n) is 10.3. The van der Waals surface area contributed by atoms with Crippen LogP contribution >= 0.6 is 0 Å². The van der Waals surface area contributed by atoms with Gasteiger partial charge in [-0.25, -0.2) is 0 Å². The summed E-state index contributed by atoms with van der Waals surface area (Å²) in [6.07, 6.45) is 1.48. The first-order chi connectivity index (χ1) is 8.20. The predicted octanol–water partition coefficient (Wildman–Crippen LogP) is 3.62. The van der Waals surface area contributed by atoms with E-state index in [4.69, 9.17) is 4.42 Å². The van der Waals surface area contributed by atoms with E-state index in [1.165, 1.54) is 5.56 Å². The lowest BCUT2D eigenvalue weighted by atomic mass is 10.0. The molecule has 2 nitrogen and oxygen atoms in total. The van der Waals surface area contributed by atoms with Gasteiger partial charge in [-0.05, 0) is 36.6 Å². The molecule has 17 heavy (non-hydrogen) atoms. The minimum atomic E-state index is -0.666. The van der Waals surface area contributed by atoms with Gasteiger partial charge in [0.1, 0.15) is 17.6 Å². The van der Waals surface area contributed by atoms with Gasteiger partial charge >= 0.3 is 0 Å². The Morgan fingerprint density at radius 2 is 2.06 bits per heavy atom. The van der Waals surface area contributed by atoms with Crippen LogP contribution in [0, 0.1) is 6.92 Å². The Balaban J connectivity index is 2.24. The van der Waals surface area contributed by atoms with Crippen LogP contribution in [0.25, 0.3) is 0 Å². The molecule has 0 saturated carbocycles. The second-order valence-corrected chi connectivity index (χ2v) is 4.35. The third-order valence-corrected chi connectivity index (χ3v) is 2.84. The van der Waals surface area contributed by atoms with Crippen molar-refractivity contribution in [1.82, 2.24) is 0 Å². The van der Waals surface area contributed by atoms with Crippen molar-refractivity contribution in [3.05, 3.63) is 59.0 Å². The summed E-state index contributed by atoms with van der Waals surface area (Å²) in [5, 5.41) is 10.2. The second-order valence-electron chi connectivity index (χ2n) is 4.35. The molecule has 0 bridgehead atoms. The van der Waals surface area contributed by atoms with Crippen LogP contribution in [0.4, 0.5) is 0 Å². The summed E-state index contributed by atoms with van der Waals surface area (Å²) in [7, 11) is 0. The minimum Gasteiger partial charge on any atom is -0.463 e. The van der Waals surface area contributed by atoms with Crippen LogP contribution in [0.5, 0.6) is 0 Å². The van der Waals surface area contributed by atoms with E-state index in [0.717, 1.165) is 24.2 Å². The molecule has 0 aliphatic heterocycles. The quantitative estimate of drug-likeness (QED) is 0.870. The van der Waals surface area contributed by atoms with Gasteiger partial charge in [-0.3, -0.25) is 0 Å². The molecule has 0 radical (unpaired) electrons. The summed E-state index contributed by atoms with van der Waals surface area (Å²) in [6.45, 7) is 4.03. The van der Waals surface area contributed by atoms with Crippen molar-refractivity contribution in [2.24, 2.45) is 0 Å². The molecule has 1 aromatic heterocycles. The van der Waals surface area contributed by atoms with Crippen LogP contribution < -0.4 is 0 Å². The maximum Gasteiger partial charge on any atom is 0.137 e. The molecule has 0 fully saturated rings. The van der Waals surface area contributed by atoms with Gasteiger partial charge < -0.3 is 9.52 Å². The van der Waals surface area contributed by atoms with Crippen molar-refractivity contribution in [3.63, 3.8) is 0 Å². The highest BCUT2D eigenvalue weighted by molar-refractivity contribution is 5.29. The van der Waals surface area contributed by atoms with E-state index in [0.29, 0.717) is 5.76 Å². The molecule has 90 valence electrons. The van der Waals surface area contributed by atoms with Gasteiger partial charge in [-0.2, -0.15) is 0 Å². The summed E-state index contributed by atoms with van der Waals surface area (Å²) >= 11 is 0. The number of benzene rings is 1. The molecule has 2 heteroatoms. The zero-order chi connectivity index (χ0) is 12.3. The zero-order valence-corrected chi connectivity index (χ0v) is 10.3. The second kappa shape index (κ2) is 5.19. The van der Waals surface area contributed by atoms with Crippen LogP contribution in [-0.4, -0.2) is 5.11 Å². The van der Waals surface area contributed by atoms with Crippen molar-refractivity contribution >= 4 is 0 Å². The lowest BCUT2D eigenvalue weighted by molar-refractivity contribution is 0.187. The molecule has 0 spiro atoms. The smallest absolute Gasteiger partial charge is 0.137 e. The molecule has 1 aromatic carbocycles. The molecule has 1 unspecified atom stereocenters. The van der Waals surface area contributed by atoms with Crippen LogP contribution in [0.2, 0.25) is 0 Å². The first-order valence-corrected chi connectivity index (χ1v) is 6.04. The van der Waals surface area contributed by atoms with Gasteiger partial charge in [0, 0.05) is 0 Å². The number of aliphatic hydroxyl groups is 1. The van der Waals surface area contributed by atoms with Gasteiger partial charge in [0.2, 0.25) is 0 Å². The Labute approximate surface area is 102 Å². The first-order valence-electron chi connectivity index (χ1n) is 6.04. The van der Waals surface area contributed by atoms with Gasteiger partial charge in [0.05, 0.1) is 0 Å². The number of aliphatic hydroxyl groups excluding tert-OH is 1. The van der Waals surface area contributed by atoms with Crippen molar-refractivity contribution in [1.29, 1.82) is 0 Å². The van der Waals surface area contributed by atoms with E-state index < -0.39 is 6.10 Å². The largest absolute Gasteiger partial charge is 0.463 e. The molecule has 2 aromatic rings. The fourth-order valence-corrected chi connectivity index (χ4v) is 1.97. The molecule has 1 atom stereocenters. The van der Waals surface area contributed by atoms with Crippen molar-refractivity contribution in [2.45, 2.75) is 32.8 Å². The molecule has 2 rings (SSSR count). The van der Waals surface area contributed by atoms with Crippen LogP contribution in [-0.2, 0) is 6.42 Å². The summed E-state index contributed by atoms with van der Waals surface area (Å²) in [6, 6.07) is 11.8. The maximum absolute atomic E-state index is 10.2. The number of furan rings is 1. The lowest BCUT2D eigenvalue weighted by Crippen LogP contribution is -1.99. The number of aryl methyl sites for hydroxylation is 2. The number of hydrogen-bond donors (Lipinski definition) is 1. The standard InChI is InChI=1S/C15H18O2/c1-3-5-12-6-4-7-13(10-12)15(16)14-9-8-11(2)17-14/h4,6-10,15-16H,3,5H2,1-2H3. The van der Waals surface area contributed by atoms with E-state index in [2.05, 4.69) is 13.0 Å². The lowest BCUT2D eigenvalue weighted by Gasteiger charge is -2.09. The summed E-state index contributed by atoms with van der Waals surface area (Å²) in [4.78, 5) is 0. The first kappa shape index (κ1) is 11.9. The van der Waals surface area contributed by atoms with Crippen molar-refractivity contribution < 1.29 is 9.52 Å². The van der Waals surface area contributed by atoms with Crippen molar-refractivity contribution in [2.75, 3.05) is 0 Å². The van der Waals surface area contributed by atoms with Crippen molar-refractivity contribution in [3.8, 4) is 0 Å². The van der Waals surface area contributed by atoms with E-state index in [1.807, 2.05) is 37.3 Å². The molecule has 1 heterocycles. The van der Waals surface area contributed by atoms with Gasteiger partial charge in [0.25, 0.3) is 0 Å². The van der Waals surface area contributed by atoms with Crippen LogP contribution in [0.3, 0.4) is 0 Å². The Hall–Kier alpha value is -1.54. The average molecular weight is 230 g/mol. The third-order valence-electron chi connectivity index (χ3n) is 2.84. The molecule has 0 aliphatic rings. The SMILES string of the molecule is CCCc1cccc(C(O)c2ccc(C)o2)c1. The topological polar surface area (TPSA) is 33.4 Å². The summed E-state index contributed by atoms with van der Waals surface area (Å²) < 4.78 is 5.45. The van der Waals surface area contributed by atoms with Crippen LogP contribution in [0.1, 0.15) is 42.1 Å². The highest BCUT2D eigenvalue weighted by atomic mass is 16.4. The average Bonchev–Trinajstić information content (AvgIpc) is 2.76. The van der Waals surface area contributed by atoms with E-state index in [9.17, 15) is 5.11 Å². The molecule has 0 aliphatic carbocycles. The monoisotopic (exact) mass is 230 g/mol. The summed E-state index contributed by atoms with van der Waals surface area (Å²) in [5.41, 5.74) is 2.15. The van der Waals surface area contributed by atoms with E-state index in [1.54, 1.807) is 0 Å². The predicted molar refractivity (Wildman–Crippen MR) is 67.9 cm³/mol. The Kier molecular flexibility index (Phi) is 3.64. The Bertz CT molecular complexity index is 485. The highest BCUT2D eigenvalue weighted by Crippen LogP contribution is 2.24. The third kappa shape index (κ3) is 2.77. The fraction of sp³-hybridized carbons (Fsp3) is 0.333. The molecular formula is C15H18O2. The van der Waals surface area contributed by atoms with Gasteiger partial charge in [-0.1, -0.05) is 37.6 Å². The fourth-order valence-electron chi connectivity index (χ4n) is 1.97. The molecular weight excluding hydrogens is 212 g/mol. The number of rotatable bonds is 4. The molecule has 0 amide bonds.